The van der Waals surface area contributed by atoms with Crippen molar-refractivity contribution in [2.24, 2.45) is 0 Å². The lowest BCUT2D eigenvalue weighted by Gasteiger charge is -2.43. The summed E-state index contributed by atoms with van der Waals surface area (Å²) in [5.74, 6) is -1.42. The molecule has 0 aromatic heterocycles. The van der Waals surface area contributed by atoms with Gasteiger partial charge in [-0.1, -0.05) is 24.3 Å². The Morgan fingerprint density at radius 2 is 2.07 bits per heavy atom. The van der Waals surface area contributed by atoms with Gasteiger partial charge in [-0.3, -0.25) is 4.79 Å². The summed E-state index contributed by atoms with van der Waals surface area (Å²) in [7, 11) is 0. The molecule has 1 saturated carbocycles. The standard InChI is InChI=1S/C23H32FNO5/c1-6-11-27-18-12-23(21(26)25-15(2)3,13-19-20(18)30-22(4,5)29-19)28-14-16-9-7-8-10-17(16)24/h6-10,15,18-20H,1,11-14H2,2-5H3,(H,25,26)/t18-,19-,20+,23-/m1/s1. The Labute approximate surface area is 177 Å². The Balaban J connectivity index is 1.90. The predicted octanol–water partition coefficient (Wildman–Crippen LogP) is 3.49. The molecule has 3 rings (SSSR count). The fourth-order valence-corrected chi connectivity index (χ4v) is 4.12. The monoisotopic (exact) mass is 421 g/mol. The first kappa shape index (κ1) is 22.9. The van der Waals surface area contributed by atoms with Crippen LogP contribution in [0.1, 0.15) is 46.1 Å². The van der Waals surface area contributed by atoms with Gasteiger partial charge in [0, 0.05) is 24.4 Å². The van der Waals surface area contributed by atoms with Gasteiger partial charge in [-0.2, -0.15) is 0 Å². The lowest BCUT2D eigenvalue weighted by atomic mass is 9.78. The van der Waals surface area contributed by atoms with E-state index in [4.69, 9.17) is 18.9 Å². The zero-order valence-electron chi connectivity index (χ0n) is 18.2. The van der Waals surface area contributed by atoms with Crippen molar-refractivity contribution >= 4 is 5.91 Å². The predicted molar refractivity (Wildman–Crippen MR) is 110 cm³/mol. The van der Waals surface area contributed by atoms with Crippen molar-refractivity contribution in [2.75, 3.05) is 6.61 Å². The van der Waals surface area contributed by atoms with Gasteiger partial charge in [0.2, 0.25) is 0 Å². The van der Waals surface area contributed by atoms with Crippen molar-refractivity contribution in [2.45, 2.75) is 82.9 Å². The van der Waals surface area contributed by atoms with E-state index < -0.39 is 17.5 Å². The summed E-state index contributed by atoms with van der Waals surface area (Å²) in [6.45, 7) is 11.4. The lowest BCUT2D eigenvalue weighted by molar-refractivity contribution is -0.180. The van der Waals surface area contributed by atoms with Crippen LogP contribution < -0.4 is 5.32 Å². The van der Waals surface area contributed by atoms with E-state index in [0.29, 0.717) is 18.6 Å². The van der Waals surface area contributed by atoms with Gasteiger partial charge >= 0.3 is 0 Å². The van der Waals surface area contributed by atoms with Gasteiger partial charge in [0.25, 0.3) is 5.91 Å². The molecule has 2 fully saturated rings. The number of benzene rings is 1. The molecule has 166 valence electrons. The minimum absolute atomic E-state index is 0.0337. The van der Waals surface area contributed by atoms with Crippen molar-refractivity contribution < 1.29 is 28.1 Å². The number of carbonyl (C=O) groups excluding carboxylic acids is 1. The highest BCUT2D eigenvalue weighted by molar-refractivity contribution is 5.85. The zero-order chi connectivity index (χ0) is 21.9. The van der Waals surface area contributed by atoms with Crippen molar-refractivity contribution in [1.82, 2.24) is 5.32 Å². The van der Waals surface area contributed by atoms with Crippen molar-refractivity contribution in [3.8, 4) is 0 Å². The highest BCUT2D eigenvalue weighted by atomic mass is 19.1. The number of ether oxygens (including phenoxy) is 4. The van der Waals surface area contributed by atoms with Crippen molar-refractivity contribution in [3.63, 3.8) is 0 Å². The molecule has 0 spiro atoms. The van der Waals surface area contributed by atoms with Crippen LogP contribution in [-0.2, 0) is 30.3 Å². The van der Waals surface area contributed by atoms with E-state index >= 15 is 0 Å². The Hall–Kier alpha value is -1.80. The Kier molecular flexibility index (Phi) is 6.97. The molecule has 7 heteroatoms. The SMILES string of the molecule is C=CCO[C@@H]1C[C@](OCc2ccccc2F)(C(=O)NC(C)C)C[C@H]2OC(C)(C)O[C@@H]12. The number of amides is 1. The highest BCUT2D eigenvalue weighted by Crippen LogP contribution is 2.44. The molecule has 1 N–H and O–H groups in total. The summed E-state index contributed by atoms with van der Waals surface area (Å²) in [4.78, 5) is 13.3. The molecule has 0 unspecified atom stereocenters. The van der Waals surface area contributed by atoms with Crippen LogP contribution in [0.5, 0.6) is 0 Å². The fraction of sp³-hybridized carbons (Fsp3) is 0.609. The van der Waals surface area contributed by atoms with Crippen LogP contribution >= 0.6 is 0 Å². The van der Waals surface area contributed by atoms with E-state index in [2.05, 4.69) is 11.9 Å². The molecule has 0 radical (unpaired) electrons. The maximum atomic E-state index is 14.2. The molecule has 30 heavy (non-hydrogen) atoms. The van der Waals surface area contributed by atoms with E-state index in [0.717, 1.165) is 0 Å². The zero-order valence-corrected chi connectivity index (χ0v) is 18.2. The molecule has 1 amide bonds. The molecule has 1 aliphatic carbocycles. The Morgan fingerprint density at radius 3 is 2.73 bits per heavy atom. The second-order valence-corrected chi connectivity index (χ2v) is 8.71. The summed E-state index contributed by atoms with van der Waals surface area (Å²) in [6, 6.07) is 6.32. The fourth-order valence-electron chi connectivity index (χ4n) is 4.12. The first-order valence-electron chi connectivity index (χ1n) is 10.4. The van der Waals surface area contributed by atoms with Gasteiger partial charge < -0.3 is 24.3 Å². The van der Waals surface area contributed by atoms with Gasteiger partial charge in [0.05, 0.1) is 25.4 Å². The largest absolute Gasteiger partial charge is 0.371 e. The topological polar surface area (TPSA) is 66.0 Å². The Morgan fingerprint density at radius 1 is 1.33 bits per heavy atom. The molecule has 4 atom stereocenters. The third-order valence-electron chi connectivity index (χ3n) is 5.37. The van der Waals surface area contributed by atoms with E-state index in [1.165, 1.54) is 6.07 Å². The van der Waals surface area contributed by atoms with Crippen LogP contribution in [-0.4, -0.2) is 48.3 Å². The van der Waals surface area contributed by atoms with Crippen LogP contribution in [0.25, 0.3) is 0 Å². The summed E-state index contributed by atoms with van der Waals surface area (Å²) >= 11 is 0. The van der Waals surface area contributed by atoms with E-state index in [1.807, 2.05) is 27.7 Å². The highest BCUT2D eigenvalue weighted by Gasteiger charge is 2.58. The quantitative estimate of drug-likeness (QED) is 0.651. The van der Waals surface area contributed by atoms with Gasteiger partial charge in [0.1, 0.15) is 11.9 Å². The molecule has 1 aliphatic heterocycles. The van der Waals surface area contributed by atoms with E-state index in [-0.39, 0.29) is 43.0 Å². The van der Waals surface area contributed by atoms with E-state index in [9.17, 15) is 9.18 Å². The van der Waals surface area contributed by atoms with E-state index in [1.54, 1.807) is 24.3 Å². The summed E-state index contributed by atoms with van der Waals surface area (Å²) < 4.78 is 38.5. The molecule has 1 aromatic carbocycles. The smallest absolute Gasteiger partial charge is 0.252 e. The van der Waals surface area contributed by atoms with Gasteiger partial charge in [-0.15, -0.1) is 6.58 Å². The van der Waals surface area contributed by atoms with Crippen LogP contribution in [0.3, 0.4) is 0 Å². The normalized spacial score (nSPS) is 30.1. The number of rotatable bonds is 8. The van der Waals surface area contributed by atoms with Crippen LogP contribution in [0.2, 0.25) is 0 Å². The lowest BCUT2D eigenvalue weighted by Crippen LogP contribution is -2.60. The van der Waals surface area contributed by atoms with Crippen molar-refractivity contribution in [1.29, 1.82) is 0 Å². The summed E-state index contributed by atoms with van der Waals surface area (Å²) in [5.41, 5.74) is -0.840. The molecule has 6 nitrogen and oxygen atoms in total. The first-order chi connectivity index (χ1) is 14.2. The average molecular weight is 422 g/mol. The number of hydrogen-bond donors (Lipinski definition) is 1. The van der Waals surface area contributed by atoms with Gasteiger partial charge in [-0.25, -0.2) is 4.39 Å². The number of carbonyl (C=O) groups is 1. The average Bonchev–Trinajstić information content (AvgIpc) is 2.98. The minimum Gasteiger partial charge on any atom is -0.371 e. The van der Waals surface area contributed by atoms with Crippen LogP contribution in [0.15, 0.2) is 36.9 Å². The second-order valence-electron chi connectivity index (χ2n) is 8.71. The number of fused-ring (bicyclic) bond motifs is 1. The molecular weight excluding hydrogens is 389 g/mol. The summed E-state index contributed by atoms with van der Waals surface area (Å²) in [5, 5.41) is 2.95. The molecule has 1 heterocycles. The molecular formula is C23H32FNO5. The van der Waals surface area contributed by atoms with Crippen LogP contribution in [0.4, 0.5) is 4.39 Å². The van der Waals surface area contributed by atoms with Crippen molar-refractivity contribution in [3.05, 3.63) is 48.3 Å². The first-order valence-corrected chi connectivity index (χ1v) is 10.4. The second kappa shape index (κ2) is 9.14. The van der Waals surface area contributed by atoms with Crippen LogP contribution in [0, 0.1) is 5.82 Å². The van der Waals surface area contributed by atoms with Gasteiger partial charge in [-0.05, 0) is 33.8 Å². The third kappa shape index (κ3) is 5.09. The maximum absolute atomic E-state index is 14.2. The molecule has 1 saturated heterocycles. The summed E-state index contributed by atoms with van der Waals surface area (Å²) in [6.07, 6.45) is 1.08. The molecule has 0 bridgehead atoms. The van der Waals surface area contributed by atoms with Gasteiger partial charge in [0.15, 0.2) is 11.4 Å². The number of hydrogen-bond acceptors (Lipinski definition) is 5. The minimum atomic E-state index is -1.23. The molecule has 2 aliphatic rings. The maximum Gasteiger partial charge on any atom is 0.252 e. The molecule has 1 aromatic rings. The Bertz CT molecular complexity index is 768. The number of halogens is 1. The number of nitrogens with one attached hydrogen (secondary N) is 1. The third-order valence-corrected chi connectivity index (χ3v) is 5.37.